The molecule has 0 fully saturated rings. The second-order valence-electron chi connectivity index (χ2n) is 5.66. The van der Waals surface area contributed by atoms with Crippen LogP contribution in [-0.4, -0.2) is 23.2 Å². The molecule has 0 radical (unpaired) electrons. The van der Waals surface area contributed by atoms with Crippen LogP contribution in [-0.2, 0) is 5.75 Å². The number of benzene rings is 1. The van der Waals surface area contributed by atoms with Crippen LogP contribution in [0.4, 0.5) is 0 Å². The SMILES string of the molecule is Cc1ccc(Sc2ncccc2C(=O)NCCSCc2ccco2)cc1. The van der Waals surface area contributed by atoms with Crippen LogP contribution >= 0.6 is 23.5 Å². The zero-order valence-electron chi connectivity index (χ0n) is 14.5. The van der Waals surface area contributed by atoms with Gasteiger partial charge in [0.25, 0.3) is 5.91 Å². The topological polar surface area (TPSA) is 55.1 Å². The Bertz CT molecular complexity index is 833. The molecule has 0 aliphatic rings. The van der Waals surface area contributed by atoms with Crippen LogP contribution in [0.3, 0.4) is 0 Å². The van der Waals surface area contributed by atoms with Gasteiger partial charge in [-0.15, -0.1) is 0 Å². The van der Waals surface area contributed by atoms with E-state index < -0.39 is 0 Å². The maximum absolute atomic E-state index is 12.5. The van der Waals surface area contributed by atoms with Crippen molar-refractivity contribution in [2.45, 2.75) is 22.6 Å². The van der Waals surface area contributed by atoms with E-state index in [1.807, 2.05) is 30.3 Å². The Labute approximate surface area is 161 Å². The maximum atomic E-state index is 12.5. The number of rotatable bonds is 8. The summed E-state index contributed by atoms with van der Waals surface area (Å²) in [6.45, 7) is 2.66. The lowest BCUT2D eigenvalue weighted by Gasteiger charge is -2.09. The van der Waals surface area contributed by atoms with Gasteiger partial charge in [-0.2, -0.15) is 11.8 Å². The molecular formula is C20H20N2O2S2. The summed E-state index contributed by atoms with van der Waals surface area (Å²) in [6.07, 6.45) is 3.39. The number of thioether (sulfide) groups is 1. The van der Waals surface area contributed by atoms with E-state index in [-0.39, 0.29) is 5.91 Å². The molecule has 0 spiro atoms. The van der Waals surface area contributed by atoms with Gasteiger partial charge in [-0.25, -0.2) is 4.98 Å². The van der Waals surface area contributed by atoms with Crippen molar-refractivity contribution in [1.29, 1.82) is 0 Å². The van der Waals surface area contributed by atoms with Gasteiger partial charge in [0, 0.05) is 23.4 Å². The minimum absolute atomic E-state index is 0.0914. The molecule has 3 rings (SSSR count). The number of nitrogens with zero attached hydrogens (tertiary/aromatic N) is 1. The van der Waals surface area contributed by atoms with E-state index in [0.717, 1.165) is 27.2 Å². The monoisotopic (exact) mass is 384 g/mol. The van der Waals surface area contributed by atoms with Crippen LogP contribution in [0.2, 0.25) is 0 Å². The van der Waals surface area contributed by atoms with Crippen molar-refractivity contribution in [2.24, 2.45) is 0 Å². The molecule has 0 atom stereocenters. The summed E-state index contributed by atoms with van der Waals surface area (Å²) in [7, 11) is 0. The van der Waals surface area contributed by atoms with Crippen molar-refractivity contribution in [3.8, 4) is 0 Å². The average molecular weight is 385 g/mol. The van der Waals surface area contributed by atoms with Gasteiger partial charge in [0.15, 0.2) is 0 Å². The standard InChI is InChI=1S/C20H20N2O2S2/c1-15-6-8-17(9-7-15)26-20-18(5-2-10-22-20)19(23)21-11-13-25-14-16-4-3-12-24-16/h2-10,12H,11,13-14H2,1H3,(H,21,23). The molecule has 4 nitrogen and oxygen atoms in total. The van der Waals surface area contributed by atoms with Crippen LogP contribution in [0.1, 0.15) is 21.7 Å². The molecule has 1 aromatic carbocycles. The van der Waals surface area contributed by atoms with Crippen LogP contribution in [0.5, 0.6) is 0 Å². The van der Waals surface area contributed by atoms with Crippen molar-refractivity contribution in [1.82, 2.24) is 10.3 Å². The largest absolute Gasteiger partial charge is 0.468 e. The predicted octanol–water partition coefficient (Wildman–Crippen LogP) is 4.80. The zero-order valence-corrected chi connectivity index (χ0v) is 16.1. The van der Waals surface area contributed by atoms with Crippen LogP contribution in [0, 0.1) is 6.92 Å². The highest BCUT2D eigenvalue weighted by atomic mass is 32.2. The summed E-state index contributed by atoms with van der Waals surface area (Å²) in [6, 6.07) is 15.6. The number of hydrogen-bond donors (Lipinski definition) is 1. The lowest BCUT2D eigenvalue weighted by molar-refractivity contribution is 0.0952. The number of carbonyl (C=O) groups excluding carboxylic acids is 1. The van der Waals surface area contributed by atoms with E-state index in [1.165, 1.54) is 17.3 Å². The average Bonchev–Trinajstić information content (AvgIpc) is 3.17. The second kappa shape index (κ2) is 9.50. The summed E-state index contributed by atoms with van der Waals surface area (Å²) >= 11 is 3.23. The smallest absolute Gasteiger partial charge is 0.254 e. The Hall–Kier alpha value is -2.18. The number of furan rings is 1. The number of nitrogens with one attached hydrogen (secondary N) is 1. The van der Waals surface area contributed by atoms with Gasteiger partial charge in [-0.05, 0) is 43.3 Å². The summed E-state index contributed by atoms with van der Waals surface area (Å²) in [4.78, 5) is 18.0. The van der Waals surface area contributed by atoms with E-state index in [9.17, 15) is 4.79 Å². The molecule has 6 heteroatoms. The summed E-state index contributed by atoms with van der Waals surface area (Å²) in [5.74, 6) is 2.49. The third kappa shape index (κ3) is 5.41. The number of amides is 1. The third-order valence-corrected chi connectivity index (χ3v) is 5.62. The van der Waals surface area contributed by atoms with Crippen LogP contribution in [0.15, 0.2) is 75.3 Å². The maximum Gasteiger partial charge on any atom is 0.254 e. The second-order valence-corrected chi connectivity index (χ2v) is 7.83. The molecule has 0 aliphatic heterocycles. The van der Waals surface area contributed by atoms with Crippen molar-refractivity contribution >= 4 is 29.4 Å². The van der Waals surface area contributed by atoms with E-state index in [2.05, 4.69) is 29.4 Å². The van der Waals surface area contributed by atoms with Gasteiger partial charge < -0.3 is 9.73 Å². The highest BCUT2D eigenvalue weighted by Crippen LogP contribution is 2.28. The molecule has 26 heavy (non-hydrogen) atoms. The van der Waals surface area contributed by atoms with Gasteiger partial charge in [0.1, 0.15) is 10.8 Å². The van der Waals surface area contributed by atoms with Gasteiger partial charge in [-0.3, -0.25) is 4.79 Å². The van der Waals surface area contributed by atoms with Gasteiger partial charge in [-0.1, -0.05) is 29.5 Å². The minimum Gasteiger partial charge on any atom is -0.468 e. The zero-order chi connectivity index (χ0) is 18.2. The van der Waals surface area contributed by atoms with Gasteiger partial charge in [0.05, 0.1) is 17.6 Å². The lowest BCUT2D eigenvalue weighted by Crippen LogP contribution is -2.26. The highest BCUT2D eigenvalue weighted by Gasteiger charge is 2.13. The van der Waals surface area contributed by atoms with E-state index in [1.54, 1.807) is 30.3 Å². The fourth-order valence-corrected chi connectivity index (χ4v) is 3.90. The normalized spacial score (nSPS) is 10.7. The Kier molecular flexibility index (Phi) is 6.80. The first kappa shape index (κ1) is 18.6. The highest BCUT2D eigenvalue weighted by molar-refractivity contribution is 7.99. The van der Waals surface area contributed by atoms with E-state index in [0.29, 0.717) is 12.1 Å². The number of pyridine rings is 1. The molecule has 0 bridgehead atoms. The van der Waals surface area contributed by atoms with Gasteiger partial charge >= 0.3 is 0 Å². The molecule has 0 aliphatic carbocycles. The lowest BCUT2D eigenvalue weighted by atomic mass is 10.2. The minimum atomic E-state index is -0.0914. The fraction of sp³-hybridized carbons (Fsp3) is 0.200. The molecule has 1 amide bonds. The number of aromatic nitrogens is 1. The third-order valence-electron chi connectivity index (χ3n) is 3.61. The fourth-order valence-electron chi connectivity index (χ4n) is 2.26. The number of hydrogen-bond acceptors (Lipinski definition) is 5. The molecule has 134 valence electrons. The van der Waals surface area contributed by atoms with Crippen molar-refractivity contribution in [3.05, 3.63) is 77.9 Å². The summed E-state index contributed by atoms with van der Waals surface area (Å²) < 4.78 is 5.29. The van der Waals surface area contributed by atoms with Crippen molar-refractivity contribution in [3.63, 3.8) is 0 Å². The number of carbonyl (C=O) groups is 1. The van der Waals surface area contributed by atoms with E-state index in [4.69, 9.17) is 4.42 Å². The first-order valence-electron chi connectivity index (χ1n) is 8.30. The first-order valence-corrected chi connectivity index (χ1v) is 10.3. The summed E-state index contributed by atoms with van der Waals surface area (Å²) in [5.41, 5.74) is 1.81. The Morgan fingerprint density at radius 2 is 2.00 bits per heavy atom. The molecule has 0 saturated heterocycles. The molecule has 0 unspecified atom stereocenters. The quantitative estimate of drug-likeness (QED) is 0.566. The van der Waals surface area contributed by atoms with Crippen LogP contribution in [0.25, 0.3) is 0 Å². The Morgan fingerprint density at radius 3 is 2.77 bits per heavy atom. The van der Waals surface area contributed by atoms with Crippen LogP contribution < -0.4 is 5.32 Å². The van der Waals surface area contributed by atoms with E-state index >= 15 is 0 Å². The molecular weight excluding hydrogens is 364 g/mol. The van der Waals surface area contributed by atoms with Gasteiger partial charge in [0.2, 0.25) is 0 Å². The number of aryl methyl sites for hydroxylation is 1. The van der Waals surface area contributed by atoms with Crippen molar-refractivity contribution in [2.75, 3.05) is 12.3 Å². The summed E-state index contributed by atoms with van der Waals surface area (Å²) in [5, 5.41) is 3.69. The molecule has 2 aromatic heterocycles. The Morgan fingerprint density at radius 1 is 1.15 bits per heavy atom. The molecule has 1 N–H and O–H groups in total. The van der Waals surface area contributed by atoms with Crippen molar-refractivity contribution < 1.29 is 9.21 Å². The first-order chi connectivity index (χ1) is 12.7. The molecule has 2 heterocycles. The molecule has 3 aromatic rings. The predicted molar refractivity (Wildman–Crippen MR) is 107 cm³/mol. The Balaban J connectivity index is 1.52. The molecule has 0 saturated carbocycles.